The van der Waals surface area contributed by atoms with Crippen LogP contribution >= 0.6 is 0 Å². The Kier molecular flexibility index (Phi) is 2.14. The van der Waals surface area contributed by atoms with Crippen LogP contribution in [0.5, 0.6) is 5.75 Å². The molecule has 0 saturated heterocycles. The van der Waals surface area contributed by atoms with Gasteiger partial charge < -0.3 is 15.8 Å². The van der Waals surface area contributed by atoms with E-state index in [1.165, 1.54) is 6.20 Å². The predicted octanol–water partition coefficient (Wildman–Crippen LogP) is 0.634. The molecule has 11 heavy (non-hydrogen) atoms. The van der Waals surface area contributed by atoms with Crippen molar-refractivity contribution < 1.29 is 5.11 Å². The third-order valence-electron chi connectivity index (χ3n) is 1.47. The Morgan fingerprint density at radius 2 is 2.45 bits per heavy atom. The third-order valence-corrected chi connectivity index (χ3v) is 1.47. The topological polar surface area (TPSA) is 85.8 Å². The van der Waals surface area contributed by atoms with Crippen molar-refractivity contribution in [1.82, 2.24) is 4.98 Å². The summed E-state index contributed by atoms with van der Waals surface area (Å²) in [6.07, 6.45) is 3.25. The number of aromatic hydroxyl groups is 1. The Hall–Kier alpha value is -1.47. The van der Waals surface area contributed by atoms with Gasteiger partial charge in [0, 0.05) is 24.0 Å². The molecule has 0 aromatic carbocycles. The number of rotatable bonds is 2. The van der Waals surface area contributed by atoms with Gasteiger partial charge in [-0.1, -0.05) is 0 Å². The third kappa shape index (κ3) is 1.51. The van der Waals surface area contributed by atoms with Crippen LogP contribution in [0.4, 0.5) is 0 Å². The number of hydrogen-bond acceptors (Lipinski definition) is 3. The van der Waals surface area contributed by atoms with E-state index in [0.29, 0.717) is 5.56 Å². The molecule has 0 aliphatic rings. The van der Waals surface area contributed by atoms with Crippen LogP contribution in [0.15, 0.2) is 12.4 Å². The van der Waals surface area contributed by atoms with Gasteiger partial charge >= 0.3 is 0 Å². The summed E-state index contributed by atoms with van der Waals surface area (Å²) in [6, 6.07) is 1.54. The fraction of sp³-hybridized carbons (Fsp3) is 0.286. The number of nitrogens with two attached hydrogens (primary N) is 1. The predicted molar refractivity (Wildman–Crippen MR) is 39.6 cm³/mol. The van der Waals surface area contributed by atoms with Crippen LogP contribution in [-0.2, 0) is 0 Å². The average Bonchev–Trinajstić information content (AvgIpc) is 2.36. The quantitative estimate of drug-likeness (QED) is 0.579. The molecule has 1 atom stereocenters. The van der Waals surface area contributed by atoms with Crippen LogP contribution in [-0.4, -0.2) is 10.1 Å². The Morgan fingerprint density at radius 1 is 1.73 bits per heavy atom. The smallest absolute Gasteiger partial charge is 0.137 e. The lowest BCUT2D eigenvalue weighted by atomic mass is 10.1. The Balaban J connectivity index is 2.77. The molecule has 4 nitrogen and oxygen atoms in total. The van der Waals surface area contributed by atoms with Crippen LogP contribution < -0.4 is 5.73 Å². The highest BCUT2D eigenvalue weighted by Crippen LogP contribution is 2.22. The Morgan fingerprint density at radius 3 is 2.91 bits per heavy atom. The van der Waals surface area contributed by atoms with E-state index in [9.17, 15) is 0 Å². The molecule has 0 radical (unpaired) electrons. The SMILES string of the molecule is N#CCC(N)c1c[nH]cc1O. The first-order chi connectivity index (χ1) is 5.25. The number of H-pyrrole nitrogens is 1. The second-order valence-corrected chi connectivity index (χ2v) is 2.26. The molecule has 1 rings (SSSR count). The monoisotopic (exact) mass is 151 g/mol. The molecule has 0 aliphatic heterocycles. The van der Waals surface area contributed by atoms with Gasteiger partial charge in [0.2, 0.25) is 0 Å². The van der Waals surface area contributed by atoms with E-state index in [4.69, 9.17) is 16.1 Å². The normalized spacial score (nSPS) is 12.4. The van der Waals surface area contributed by atoms with Crippen molar-refractivity contribution in [2.24, 2.45) is 5.73 Å². The maximum atomic E-state index is 9.13. The molecule has 58 valence electrons. The maximum Gasteiger partial charge on any atom is 0.137 e. The van der Waals surface area contributed by atoms with Gasteiger partial charge in [0.15, 0.2) is 0 Å². The minimum absolute atomic E-state index is 0.118. The second-order valence-electron chi connectivity index (χ2n) is 2.26. The van der Waals surface area contributed by atoms with Crippen molar-refractivity contribution in [2.45, 2.75) is 12.5 Å². The molecule has 0 spiro atoms. The summed E-state index contributed by atoms with van der Waals surface area (Å²) < 4.78 is 0. The van der Waals surface area contributed by atoms with E-state index in [1.807, 2.05) is 6.07 Å². The van der Waals surface area contributed by atoms with Crippen molar-refractivity contribution in [2.75, 3.05) is 0 Å². The van der Waals surface area contributed by atoms with Crippen LogP contribution in [0.25, 0.3) is 0 Å². The van der Waals surface area contributed by atoms with Crippen molar-refractivity contribution >= 4 is 0 Å². The van der Waals surface area contributed by atoms with Gasteiger partial charge in [-0.25, -0.2) is 0 Å². The van der Waals surface area contributed by atoms with E-state index in [2.05, 4.69) is 4.98 Å². The lowest BCUT2D eigenvalue weighted by Gasteiger charge is -2.03. The molecule has 0 amide bonds. The largest absolute Gasteiger partial charge is 0.506 e. The molecule has 4 N–H and O–H groups in total. The molecular weight excluding hydrogens is 142 g/mol. The van der Waals surface area contributed by atoms with E-state index in [-0.39, 0.29) is 12.2 Å². The molecule has 1 aromatic rings. The molecule has 0 fully saturated rings. The van der Waals surface area contributed by atoms with Gasteiger partial charge in [-0.15, -0.1) is 0 Å². The van der Waals surface area contributed by atoms with Gasteiger partial charge in [0.05, 0.1) is 12.5 Å². The van der Waals surface area contributed by atoms with E-state index in [1.54, 1.807) is 6.20 Å². The van der Waals surface area contributed by atoms with Crippen molar-refractivity contribution in [3.63, 3.8) is 0 Å². The number of aromatic amines is 1. The highest BCUT2D eigenvalue weighted by molar-refractivity contribution is 5.31. The van der Waals surface area contributed by atoms with Crippen molar-refractivity contribution in [1.29, 1.82) is 5.26 Å². The average molecular weight is 151 g/mol. The van der Waals surface area contributed by atoms with Gasteiger partial charge in [-0.2, -0.15) is 5.26 Å². The molecule has 0 bridgehead atoms. The number of hydrogen-bond donors (Lipinski definition) is 3. The first-order valence-electron chi connectivity index (χ1n) is 3.24. The van der Waals surface area contributed by atoms with Crippen LogP contribution in [0.2, 0.25) is 0 Å². The van der Waals surface area contributed by atoms with Crippen molar-refractivity contribution in [3.8, 4) is 11.8 Å². The molecule has 1 aromatic heterocycles. The Bertz CT molecular complexity index is 273. The summed E-state index contributed by atoms with van der Waals surface area (Å²) in [5.41, 5.74) is 6.14. The Labute approximate surface area is 64.3 Å². The molecule has 1 heterocycles. The maximum absolute atomic E-state index is 9.13. The van der Waals surface area contributed by atoms with E-state index in [0.717, 1.165) is 0 Å². The number of nitrogens with zero attached hydrogens (tertiary/aromatic N) is 1. The summed E-state index contributed by atoms with van der Waals surface area (Å²) in [7, 11) is 0. The lowest BCUT2D eigenvalue weighted by molar-refractivity contribution is 0.464. The lowest BCUT2D eigenvalue weighted by Crippen LogP contribution is -2.08. The zero-order valence-electron chi connectivity index (χ0n) is 5.91. The molecular formula is C7H9N3O. The van der Waals surface area contributed by atoms with Crippen LogP contribution in [0.1, 0.15) is 18.0 Å². The fourth-order valence-corrected chi connectivity index (χ4v) is 0.873. The van der Waals surface area contributed by atoms with Crippen LogP contribution in [0.3, 0.4) is 0 Å². The van der Waals surface area contributed by atoms with Gasteiger partial charge in [-0.05, 0) is 0 Å². The van der Waals surface area contributed by atoms with E-state index >= 15 is 0 Å². The van der Waals surface area contributed by atoms with Gasteiger partial charge in [0.25, 0.3) is 0 Å². The molecule has 1 unspecified atom stereocenters. The number of aromatic nitrogens is 1. The van der Waals surface area contributed by atoms with Gasteiger partial charge in [0.1, 0.15) is 5.75 Å². The van der Waals surface area contributed by atoms with Gasteiger partial charge in [-0.3, -0.25) is 0 Å². The summed E-state index contributed by atoms with van der Waals surface area (Å²) in [6.45, 7) is 0. The first-order valence-corrected chi connectivity index (χ1v) is 3.24. The zero-order valence-corrected chi connectivity index (χ0v) is 5.91. The second kappa shape index (κ2) is 3.08. The minimum Gasteiger partial charge on any atom is -0.506 e. The highest BCUT2D eigenvalue weighted by Gasteiger charge is 2.10. The molecule has 0 aliphatic carbocycles. The minimum atomic E-state index is -0.397. The standard InChI is InChI=1S/C7H9N3O/c8-2-1-6(9)5-3-10-4-7(5)11/h3-4,6,10-11H,1,9H2. The number of nitrogens with one attached hydrogen (secondary N) is 1. The zero-order chi connectivity index (χ0) is 8.27. The first kappa shape index (κ1) is 7.63. The highest BCUT2D eigenvalue weighted by atomic mass is 16.3. The summed E-state index contributed by atoms with van der Waals surface area (Å²) >= 11 is 0. The molecule has 0 saturated carbocycles. The van der Waals surface area contributed by atoms with Crippen molar-refractivity contribution in [3.05, 3.63) is 18.0 Å². The van der Waals surface area contributed by atoms with E-state index < -0.39 is 6.04 Å². The van der Waals surface area contributed by atoms with Crippen LogP contribution in [0, 0.1) is 11.3 Å². The number of nitriles is 1. The summed E-state index contributed by atoms with van der Waals surface area (Å²) in [4.78, 5) is 2.70. The molecule has 4 heteroatoms. The fourth-order valence-electron chi connectivity index (χ4n) is 0.873. The summed E-state index contributed by atoms with van der Waals surface area (Å²) in [5.74, 6) is 0.118. The summed E-state index contributed by atoms with van der Waals surface area (Å²) in [5, 5.41) is 17.4.